The second kappa shape index (κ2) is 5.88. The molecule has 0 fully saturated rings. The summed E-state index contributed by atoms with van der Waals surface area (Å²) in [4.78, 5) is 5.12. The summed E-state index contributed by atoms with van der Waals surface area (Å²) in [5.41, 5.74) is 0.456. The van der Waals surface area contributed by atoms with E-state index >= 15 is 0 Å². The van der Waals surface area contributed by atoms with E-state index in [0.29, 0.717) is 18.7 Å². The molecule has 0 aliphatic heterocycles. The minimum atomic E-state index is -3.49. The zero-order valence-electron chi connectivity index (χ0n) is 10.5. The van der Waals surface area contributed by atoms with E-state index in [1.807, 2.05) is 17.5 Å². The van der Waals surface area contributed by atoms with Gasteiger partial charge in [0.15, 0.2) is 8.68 Å². The van der Waals surface area contributed by atoms with Gasteiger partial charge in [-0.2, -0.15) is 4.31 Å². The van der Waals surface area contributed by atoms with E-state index in [0.717, 1.165) is 11.3 Å². The van der Waals surface area contributed by atoms with Crippen LogP contribution in [0.2, 0.25) is 4.47 Å². The molecule has 0 aromatic carbocycles. The highest BCUT2D eigenvalue weighted by Gasteiger charge is 2.26. The van der Waals surface area contributed by atoms with Gasteiger partial charge in [0.1, 0.15) is 0 Å². The Morgan fingerprint density at radius 3 is 2.74 bits per heavy atom. The van der Waals surface area contributed by atoms with Gasteiger partial charge in [0.25, 0.3) is 10.0 Å². The number of sulfonamides is 1. The minimum absolute atomic E-state index is 0.228. The van der Waals surface area contributed by atoms with Crippen molar-refractivity contribution in [3.05, 3.63) is 32.6 Å². The number of thiazole rings is 1. The number of hydrogen-bond donors (Lipinski definition) is 0. The van der Waals surface area contributed by atoms with E-state index in [-0.39, 0.29) is 8.68 Å². The van der Waals surface area contributed by atoms with Crippen LogP contribution < -0.4 is 0 Å². The maximum Gasteiger partial charge on any atom is 0.254 e. The number of thiophene rings is 1. The molecule has 0 spiro atoms. The van der Waals surface area contributed by atoms with E-state index in [9.17, 15) is 8.42 Å². The van der Waals surface area contributed by atoms with Crippen LogP contribution in [0, 0.1) is 6.92 Å². The molecule has 0 aliphatic carbocycles. The number of aryl methyl sites for hydroxylation is 1. The van der Waals surface area contributed by atoms with Gasteiger partial charge in [-0.05, 0) is 24.8 Å². The number of likely N-dealkylation sites (N-methyl/N-ethyl adjacent to an activating group) is 1. The third kappa shape index (κ3) is 3.35. The second-order valence-electron chi connectivity index (χ2n) is 4.00. The van der Waals surface area contributed by atoms with Gasteiger partial charge in [0, 0.05) is 18.5 Å². The van der Waals surface area contributed by atoms with Crippen LogP contribution in [0.3, 0.4) is 0 Å². The van der Waals surface area contributed by atoms with Crippen LogP contribution in [-0.4, -0.2) is 31.3 Å². The van der Waals surface area contributed by atoms with Crippen LogP contribution in [0.1, 0.15) is 10.6 Å². The van der Waals surface area contributed by atoms with Crippen LogP contribution >= 0.6 is 34.3 Å². The highest BCUT2D eigenvalue weighted by atomic mass is 35.5. The quantitative estimate of drug-likeness (QED) is 0.843. The van der Waals surface area contributed by atoms with Crippen molar-refractivity contribution in [2.24, 2.45) is 0 Å². The summed E-state index contributed by atoms with van der Waals surface area (Å²) in [5, 5.41) is 1.98. The average molecular weight is 337 g/mol. The Morgan fingerprint density at radius 2 is 2.21 bits per heavy atom. The Morgan fingerprint density at radius 1 is 1.47 bits per heavy atom. The van der Waals surface area contributed by atoms with E-state index in [1.165, 1.54) is 9.18 Å². The van der Waals surface area contributed by atoms with Crippen molar-refractivity contribution < 1.29 is 8.42 Å². The van der Waals surface area contributed by atoms with Crippen molar-refractivity contribution in [2.45, 2.75) is 17.6 Å². The molecule has 0 saturated carbocycles. The van der Waals surface area contributed by atoms with E-state index < -0.39 is 10.0 Å². The van der Waals surface area contributed by atoms with E-state index in [2.05, 4.69) is 4.98 Å². The Labute approximate surface area is 125 Å². The maximum absolute atomic E-state index is 12.4. The summed E-state index contributed by atoms with van der Waals surface area (Å²) in [7, 11) is -1.91. The lowest BCUT2D eigenvalue weighted by Gasteiger charge is -2.15. The molecule has 0 atom stereocenters. The summed E-state index contributed by atoms with van der Waals surface area (Å²) >= 11 is 8.39. The topological polar surface area (TPSA) is 50.3 Å². The van der Waals surface area contributed by atoms with Crippen LogP contribution in [0.4, 0.5) is 0 Å². The van der Waals surface area contributed by atoms with Crippen molar-refractivity contribution in [3.63, 3.8) is 0 Å². The Hall–Kier alpha value is -0.470. The number of halogens is 1. The van der Waals surface area contributed by atoms with Crippen molar-refractivity contribution in [2.75, 3.05) is 13.6 Å². The summed E-state index contributed by atoms with van der Waals surface area (Å²) < 4.78 is 26.6. The monoisotopic (exact) mass is 336 g/mol. The van der Waals surface area contributed by atoms with Crippen LogP contribution in [-0.2, 0) is 16.4 Å². The molecule has 8 heteroatoms. The number of nitrogens with zero attached hydrogens (tertiary/aromatic N) is 2. The van der Waals surface area contributed by atoms with Crippen molar-refractivity contribution in [1.29, 1.82) is 0 Å². The molecule has 2 heterocycles. The first-order valence-electron chi connectivity index (χ1n) is 5.53. The normalized spacial score (nSPS) is 12.2. The fourth-order valence-electron chi connectivity index (χ4n) is 1.57. The molecule has 104 valence electrons. The Balaban J connectivity index is 2.13. The molecule has 2 rings (SSSR count). The smallest absolute Gasteiger partial charge is 0.229 e. The number of hydrogen-bond acceptors (Lipinski definition) is 5. The number of rotatable bonds is 5. The third-order valence-electron chi connectivity index (χ3n) is 2.63. The fraction of sp³-hybridized carbons (Fsp3) is 0.364. The Kier molecular flexibility index (Phi) is 4.62. The number of aromatic nitrogens is 1. The molecule has 0 bridgehead atoms. The summed E-state index contributed by atoms with van der Waals surface area (Å²) in [6.45, 7) is 2.10. The zero-order valence-corrected chi connectivity index (χ0v) is 13.7. The lowest BCUT2D eigenvalue weighted by molar-refractivity contribution is 0.474. The van der Waals surface area contributed by atoms with E-state index in [1.54, 1.807) is 25.3 Å². The first-order chi connectivity index (χ1) is 8.91. The first kappa shape index (κ1) is 14.9. The molecule has 0 unspecified atom stereocenters. The average Bonchev–Trinajstić information content (AvgIpc) is 2.95. The molecular weight excluding hydrogens is 324 g/mol. The van der Waals surface area contributed by atoms with Gasteiger partial charge < -0.3 is 0 Å². The summed E-state index contributed by atoms with van der Waals surface area (Å²) in [6.07, 6.45) is 0.707. The second-order valence-corrected chi connectivity index (χ2v) is 8.85. The zero-order chi connectivity index (χ0) is 14.0. The van der Waals surface area contributed by atoms with Crippen molar-refractivity contribution >= 4 is 44.3 Å². The Bertz CT molecular complexity index is 650. The SMILES string of the molecule is Cc1nc(Cl)sc1S(=O)(=O)N(C)CCc1cccs1. The molecule has 0 radical (unpaired) electrons. The molecule has 19 heavy (non-hydrogen) atoms. The molecule has 0 saturated heterocycles. The summed E-state index contributed by atoms with van der Waals surface area (Å²) in [6, 6.07) is 3.96. The van der Waals surface area contributed by atoms with Gasteiger partial charge in [-0.25, -0.2) is 13.4 Å². The standard InChI is InChI=1S/C11H13ClN2O2S3/c1-8-10(18-11(12)13-8)19(15,16)14(2)6-5-9-4-3-7-17-9/h3-4,7H,5-6H2,1-2H3. The molecule has 2 aromatic rings. The van der Waals surface area contributed by atoms with Crippen molar-refractivity contribution in [1.82, 2.24) is 9.29 Å². The molecule has 4 nitrogen and oxygen atoms in total. The fourth-order valence-corrected chi connectivity index (χ4v) is 5.37. The summed E-state index contributed by atoms with van der Waals surface area (Å²) in [5.74, 6) is 0. The highest BCUT2D eigenvalue weighted by Crippen LogP contribution is 2.28. The molecular formula is C11H13ClN2O2S3. The predicted octanol–water partition coefficient (Wildman–Crippen LogP) is 3.03. The van der Waals surface area contributed by atoms with Gasteiger partial charge >= 0.3 is 0 Å². The molecule has 2 aromatic heterocycles. The lowest BCUT2D eigenvalue weighted by atomic mass is 10.3. The van der Waals surface area contributed by atoms with E-state index in [4.69, 9.17) is 11.6 Å². The molecule has 0 aliphatic rings. The highest BCUT2D eigenvalue weighted by molar-refractivity contribution is 7.91. The first-order valence-corrected chi connectivity index (χ1v) is 9.04. The predicted molar refractivity (Wildman–Crippen MR) is 79.7 cm³/mol. The third-order valence-corrected chi connectivity index (χ3v) is 7.27. The molecule has 0 N–H and O–H groups in total. The van der Waals surface area contributed by atoms with Gasteiger partial charge in [0.2, 0.25) is 0 Å². The van der Waals surface area contributed by atoms with Crippen LogP contribution in [0.25, 0.3) is 0 Å². The van der Waals surface area contributed by atoms with Gasteiger partial charge in [-0.3, -0.25) is 0 Å². The largest absolute Gasteiger partial charge is 0.254 e. The van der Waals surface area contributed by atoms with Gasteiger partial charge in [-0.1, -0.05) is 29.0 Å². The van der Waals surface area contributed by atoms with Crippen LogP contribution in [0.15, 0.2) is 21.7 Å². The van der Waals surface area contributed by atoms with Crippen molar-refractivity contribution in [3.8, 4) is 0 Å². The molecule has 0 amide bonds. The van der Waals surface area contributed by atoms with Gasteiger partial charge in [-0.15, -0.1) is 11.3 Å². The lowest BCUT2D eigenvalue weighted by Crippen LogP contribution is -2.28. The van der Waals surface area contributed by atoms with Crippen LogP contribution in [0.5, 0.6) is 0 Å². The maximum atomic E-state index is 12.4. The van der Waals surface area contributed by atoms with Gasteiger partial charge in [0.05, 0.1) is 5.69 Å². The minimum Gasteiger partial charge on any atom is -0.229 e.